The van der Waals surface area contributed by atoms with Crippen LogP contribution >= 0.6 is 0 Å². The van der Waals surface area contributed by atoms with Crippen LogP contribution in [0.3, 0.4) is 0 Å². The van der Waals surface area contributed by atoms with Crippen molar-refractivity contribution in [3.63, 3.8) is 0 Å². The third kappa shape index (κ3) is 2.67. The van der Waals surface area contributed by atoms with Gasteiger partial charge in [0.25, 0.3) is 0 Å². The number of carbonyl (C=O) groups is 1. The first-order chi connectivity index (χ1) is 9.86. The number of fused-ring (bicyclic) bond motifs is 3. The van der Waals surface area contributed by atoms with Gasteiger partial charge in [-0.2, -0.15) is 13.2 Å². The van der Waals surface area contributed by atoms with Crippen LogP contribution in [0.5, 0.6) is 0 Å². The normalized spacial score (nSPS) is 28.7. The number of hydrogen-bond donors (Lipinski definition) is 0. The topological polar surface area (TPSA) is 23.6 Å². The van der Waals surface area contributed by atoms with E-state index in [1.54, 1.807) is 0 Å². The van der Waals surface area contributed by atoms with Crippen LogP contribution in [0.2, 0.25) is 0 Å². The zero-order chi connectivity index (χ0) is 15.2. The summed E-state index contributed by atoms with van der Waals surface area (Å²) in [6, 6.07) is 2.04. The van der Waals surface area contributed by atoms with Gasteiger partial charge in [0.05, 0.1) is 11.6 Å². The van der Waals surface area contributed by atoms with Crippen molar-refractivity contribution >= 4 is 5.78 Å². The van der Waals surface area contributed by atoms with E-state index in [0.29, 0.717) is 18.7 Å². The van der Waals surface area contributed by atoms with Crippen LogP contribution in [-0.2, 0) is 6.18 Å². The Morgan fingerprint density at radius 3 is 2.33 bits per heavy atom. The number of carbonyl (C=O) groups excluding carboxylic acids is 1. The Kier molecular flexibility index (Phi) is 3.49. The van der Waals surface area contributed by atoms with E-state index < -0.39 is 23.6 Å². The van der Waals surface area contributed by atoms with Crippen molar-refractivity contribution in [2.24, 2.45) is 0 Å². The standard InChI is InChI=1S/C14H14F4N2O/c15-11-2-1-9(7-10(11)14(16,17)18)13(21)12-8-19-3-5-20(12)6-4-19/h1-2,7,12H,3-6,8H2. The number of alkyl halides is 3. The Hall–Kier alpha value is -1.47. The Balaban J connectivity index is 1.88. The second-order valence-electron chi connectivity index (χ2n) is 5.41. The van der Waals surface area contributed by atoms with E-state index in [2.05, 4.69) is 4.90 Å². The van der Waals surface area contributed by atoms with Gasteiger partial charge < -0.3 is 0 Å². The lowest BCUT2D eigenvalue weighted by atomic mass is 9.96. The quantitative estimate of drug-likeness (QED) is 0.617. The SMILES string of the molecule is O=C(c1ccc(F)c(C(F)(F)F)c1)C1CN2CCN1CC2. The second kappa shape index (κ2) is 5.06. The maximum Gasteiger partial charge on any atom is 0.419 e. The molecule has 0 aromatic heterocycles. The predicted octanol–water partition coefficient (Wildman–Crippen LogP) is 2.03. The molecule has 3 fully saturated rings. The molecular weight excluding hydrogens is 288 g/mol. The number of nitrogens with zero attached hydrogens (tertiary/aromatic N) is 2. The highest BCUT2D eigenvalue weighted by Gasteiger charge is 2.38. The van der Waals surface area contributed by atoms with Gasteiger partial charge in [0, 0.05) is 38.3 Å². The molecule has 0 N–H and O–H groups in total. The fourth-order valence-electron chi connectivity index (χ4n) is 2.95. The number of piperazine rings is 3. The molecule has 2 bridgehead atoms. The molecule has 114 valence electrons. The zero-order valence-electron chi connectivity index (χ0n) is 11.2. The summed E-state index contributed by atoms with van der Waals surface area (Å²) in [6.45, 7) is 3.76. The van der Waals surface area contributed by atoms with Crippen LogP contribution in [0, 0.1) is 5.82 Å². The van der Waals surface area contributed by atoms with Crippen molar-refractivity contribution in [2.45, 2.75) is 12.2 Å². The van der Waals surface area contributed by atoms with E-state index in [4.69, 9.17) is 0 Å². The van der Waals surface area contributed by atoms with Crippen LogP contribution in [-0.4, -0.2) is 54.3 Å². The molecule has 1 aromatic rings. The molecule has 7 heteroatoms. The Morgan fingerprint density at radius 1 is 1.14 bits per heavy atom. The molecule has 3 saturated heterocycles. The molecule has 0 aliphatic carbocycles. The van der Waals surface area contributed by atoms with Crippen molar-refractivity contribution in [2.75, 3.05) is 32.7 Å². The summed E-state index contributed by atoms with van der Waals surface area (Å²) >= 11 is 0. The molecule has 1 aromatic carbocycles. The molecule has 0 spiro atoms. The third-order valence-corrected chi connectivity index (χ3v) is 4.14. The second-order valence-corrected chi connectivity index (χ2v) is 5.41. The lowest BCUT2D eigenvalue weighted by Gasteiger charge is -2.46. The van der Waals surface area contributed by atoms with E-state index >= 15 is 0 Å². The van der Waals surface area contributed by atoms with Gasteiger partial charge in [-0.25, -0.2) is 4.39 Å². The summed E-state index contributed by atoms with van der Waals surface area (Å²) in [7, 11) is 0. The smallest absolute Gasteiger partial charge is 0.299 e. The number of halogens is 4. The van der Waals surface area contributed by atoms with Crippen LogP contribution in [0.4, 0.5) is 17.6 Å². The van der Waals surface area contributed by atoms with Crippen LogP contribution < -0.4 is 0 Å². The summed E-state index contributed by atoms with van der Waals surface area (Å²) in [5, 5.41) is 0. The number of rotatable bonds is 2. The minimum atomic E-state index is -4.80. The summed E-state index contributed by atoms with van der Waals surface area (Å²) in [5.74, 6) is -1.72. The fourth-order valence-corrected chi connectivity index (χ4v) is 2.95. The molecule has 3 aliphatic heterocycles. The highest BCUT2D eigenvalue weighted by molar-refractivity contribution is 6.00. The van der Waals surface area contributed by atoms with Crippen molar-refractivity contribution < 1.29 is 22.4 Å². The molecule has 0 radical (unpaired) electrons. The molecule has 0 amide bonds. The molecule has 1 atom stereocenters. The van der Waals surface area contributed by atoms with E-state index in [1.165, 1.54) is 0 Å². The minimum Gasteiger partial charge on any atom is -0.299 e. The van der Waals surface area contributed by atoms with E-state index in [9.17, 15) is 22.4 Å². The summed E-state index contributed by atoms with van der Waals surface area (Å²) in [6.07, 6.45) is -4.80. The minimum absolute atomic E-state index is 0.0810. The van der Waals surface area contributed by atoms with Crippen molar-refractivity contribution in [3.8, 4) is 0 Å². The maximum absolute atomic E-state index is 13.3. The largest absolute Gasteiger partial charge is 0.419 e. The Labute approximate surface area is 119 Å². The van der Waals surface area contributed by atoms with Gasteiger partial charge in [0.1, 0.15) is 5.82 Å². The number of hydrogen-bond acceptors (Lipinski definition) is 3. The van der Waals surface area contributed by atoms with Crippen molar-refractivity contribution in [1.82, 2.24) is 9.80 Å². The lowest BCUT2D eigenvalue weighted by Crippen LogP contribution is -2.63. The highest BCUT2D eigenvalue weighted by Crippen LogP contribution is 2.32. The van der Waals surface area contributed by atoms with Gasteiger partial charge in [0.15, 0.2) is 5.78 Å². The summed E-state index contributed by atoms with van der Waals surface area (Å²) in [4.78, 5) is 16.5. The summed E-state index contributed by atoms with van der Waals surface area (Å²) in [5.41, 5.74) is -1.47. The number of Topliss-reactive ketones (excluding diaryl/α,β-unsaturated/α-hetero) is 1. The van der Waals surface area contributed by atoms with Gasteiger partial charge in [-0.3, -0.25) is 14.6 Å². The van der Waals surface area contributed by atoms with Gasteiger partial charge >= 0.3 is 6.18 Å². The molecule has 3 nitrogen and oxygen atoms in total. The molecule has 0 saturated carbocycles. The van der Waals surface area contributed by atoms with Gasteiger partial charge in [-0.1, -0.05) is 0 Å². The first kappa shape index (κ1) is 14.5. The molecule has 21 heavy (non-hydrogen) atoms. The highest BCUT2D eigenvalue weighted by atomic mass is 19.4. The molecule has 3 heterocycles. The first-order valence-corrected chi connectivity index (χ1v) is 6.73. The van der Waals surface area contributed by atoms with E-state index in [1.807, 2.05) is 4.90 Å². The average Bonchev–Trinajstić information content (AvgIpc) is 2.47. The molecule has 3 aliphatic rings. The fraction of sp³-hybridized carbons (Fsp3) is 0.500. The van der Waals surface area contributed by atoms with Crippen LogP contribution in [0.1, 0.15) is 15.9 Å². The van der Waals surface area contributed by atoms with Crippen molar-refractivity contribution in [3.05, 3.63) is 35.1 Å². The van der Waals surface area contributed by atoms with Gasteiger partial charge in [-0.05, 0) is 18.2 Å². The average molecular weight is 302 g/mol. The Morgan fingerprint density at radius 2 is 1.81 bits per heavy atom. The van der Waals surface area contributed by atoms with E-state index in [-0.39, 0.29) is 11.3 Å². The summed E-state index contributed by atoms with van der Waals surface area (Å²) < 4.78 is 51.4. The predicted molar refractivity (Wildman–Crippen MR) is 67.5 cm³/mol. The monoisotopic (exact) mass is 302 g/mol. The molecule has 1 unspecified atom stereocenters. The molecular formula is C14H14F4N2O. The number of ketones is 1. The molecule has 4 rings (SSSR count). The number of benzene rings is 1. The zero-order valence-corrected chi connectivity index (χ0v) is 11.2. The van der Waals surface area contributed by atoms with Crippen LogP contribution in [0.25, 0.3) is 0 Å². The van der Waals surface area contributed by atoms with Crippen LogP contribution in [0.15, 0.2) is 18.2 Å². The van der Waals surface area contributed by atoms with Gasteiger partial charge in [0.2, 0.25) is 0 Å². The van der Waals surface area contributed by atoms with Crippen molar-refractivity contribution in [1.29, 1.82) is 0 Å². The van der Waals surface area contributed by atoms with E-state index in [0.717, 1.165) is 32.2 Å². The maximum atomic E-state index is 13.3. The Bertz CT molecular complexity index is 565. The third-order valence-electron chi connectivity index (χ3n) is 4.14. The van der Waals surface area contributed by atoms with Gasteiger partial charge in [-0.15, -0.1) is 0 Å². The first-order valence-electron chi connectivity index (χ1n) is 6.73. The lowest BCUT2D eigenvalue weighted by molar-refractivity contribution is -0.140.